The third kappa shape index (κ3) is 3.09. The van der Waals surface area contributed by atoms with Crippen LogP contribution in [-0.2, 0) is 0 Å². The molecule has 0 unspecified atom stereocenters. The van der Waals surface area contributed by atoms with E-state index in [0.717, 1.165) is 9.13 Å². The van der Waals surface area contributed by atoms with Gasteiger partial charge in [0, 0.05) is 9.13 Å². The van der Waals surface area contributed by atoms with Crippen LogP contribution in [0.25, 0.3) is 0 Å². The molecule has 0 atom stereocenters. The van der Waals surface area contributed by atoms with Gasteiger partial charge >= 0.3 is 0 Å². The van der Waals surface area contributed by atoms with Crippen molar-refractivity contribution in [1.29, 1.82) is 0 Å². The van der Waals surface area contributed by atoms with Crippen LogP contribution in [0.1, 0.15) is 21.5 Å². The number of carbonyl (C=O) groups is 1. The molecule has 0 aromatic heterocycles. The van der Waals surface area contributed by atoms with E-state index in [4.69, 9.17) is 16.3 Å². The minimum absolute atomic E-state index is 0.125. The highest BCUT2D eigenvalue weighted by Gasteiger charge is 2.17. The van der Waals surface area contributed by atoms with Crippen LogP contribution >= 0.6 is 34.2 Å². The summed E-state index contributed by atoms with van der Waals surface area (Å²) in [6.07, 6.45) is 0. The Labute approximate surface area is 130 Å². The molecule has 0 spiro atoms. The Morgan fingerprint density at radius 1 is 1.16 bits per heavy atom. The van der Waals surface area contributed by atoms with Crippen molar-refractivity contribution in [3.05, 3.63) is 61.7 Å². The Balaban J connectivity index is 2.52. The van der Waals surface area contributed by atoms with Crippen molar-refractivity contribution in [2.24, 2.45) is 0 Å². The van der Waals surface area contributed by atoms with Gasteiger partial charge in [0.05, 0.1) is 17.7 Å². The van der Waals surface area contributed by atoms with E-state index in [1.54, 1.807) is 31.4 Å². The molecule has 0 N–H and O–H groups in total. The first-order valence-corrected chi connectivity index (χ1v) is 7.13. The number of hydrogen-bond acceptors (Lipinski definition) is 2. The molecule has 2 aromatic carbocycles. The average molecular weight is 387 g/mol. The fourth-order valence-corrected chi connectivity index (χ4v) is 2.62. The van der Waals surface area contributed by atoms with Crippen molar-refractivity contribution in [2.75, 3.05) is 7.11 Å². The first-order chi connectivity index (χ1) is 9.02. The lowest BCUT2D eigenvalue weighted by Crippen LogP contribution is -2.05. The highest BCUT2D eigenvalue weighted by Crippen LogP contribution is 2.27. The molecule has 0 heterocycles. The van der Waals surface area contributed by atoms with Crippen LogP contribution in [0.4, 0.5) is 0 Å². The highest BCUT2D eigenvalue weighted by atomic mass is 127. The molecule has 0 aliphatic carbocycles. The maximum Gasteiger partial charge on any atom is 0.198 e. The van der Waals surface area contributed by atoms with E-state index >= 15 is 0 Å². The summed E-state index contributed by atoms with van der Waals surface area (Å²) in [7, 11) is 1.55. The molecule has 0 aliphatic heterocycles. The zero-order chi connectivity index (χ0) is 14.0. The molecular formula is C15H12ClIO2. The minimum Gasteiger partial charge on any atom is -0.496 e. The number of halogens is 2. The van der Waals surface area contributed by atoms with Crippen molar-refractivity contribution in [2.45, 2.75) is 6.92 Å². The van der Waals surface area contributed by atoms with Crippen LogP contribution in [0.3, 0.4) is 0 Å². The maximum atomic E-state index is 12.5. The average Bonchev–Trinajstić information content (AvgIpc) is 2.38. The summed E-state index contributed by atoms with van der Waals surface area (Å²) in [5, 5.41) is 0.464. The number of rotatable bonds is 3. The van der Waals surface area contributed by atoms with Gasteiger partial charge in [-0.15, -0.1) is 0 Å². The molecule has 0 aliphatic rings. The van der Waals surface area contributed by atoms with Crippen molar-refractivity contribution in [3.63, 3.8) is 0 Å². The number of benzene rings is 2. The van der Waals surface area contributed by atoms with Gasteiger partial charge in [0.1, 0.15) is 5.75 Å². The second kappa shape index (κ2) is 5.92. The second-order valence-corrected chi connectivity index (χ2v) is 5.81. The highest BCUT2D eigenvalue weighted by molar-refractivity contribution is 14.1. The molecule has 2 rings (SSSR count). The van der Waals surface area contributed by atoms with Gasteiger partial charge in [-0.1, -0.05) is 17.7 Å². The fourth-order valence-electron chi connectivity index (χ4n) is 1.81. The van der Waals surface area contributed by atoms with Gasteiger partial charge < -0.3 is 4.74 Å². The molecule has 2 aromatic rings. The van der Waals surface area contributed by atoms with Crippen molar-refractivity contribution >= 4 is 40.0 Å². The normalized spacial score (nSPS) is 10.3. The number of hydrogen-bond donors (Lipinski definition) is 0. The van der Waals surface area contributed by atoms with E-state index in [0.29, 0.717) is 21.9 Å². The molecule has 19 heavy (non-hydrogen) atoms. The van der Waals surface area contributed by atoms with Gasteiger partial charge in [-0.2, -0.15) is 0 Å². The smallest absolute Gasteiger partial charge is 0.198 e. The van der Waals surface area contributed by atoms with Crippen LogP contribution in [0.2, 0.25) is 5.02 Å². The van der Waals surface area contributed by atoms with Crippen LogP contribution in [0.15, 0.2) is 36.4 Å². The Morgan fingerprint density at radius 2 is 1.89 bits per heavy atom. The number of ether oxygens (including phenoxy) is 1. The fraction of sp³-hybridized carbons (Fsp3) is 0.133. The molecule has 0 saturated carbocycles. The van der Waals surface area contributed by atoms with Crippen LogP contribution < -0.4 is 4.74 Å². The summed E-state index contributed by atoms with van der Waals surface area (Å²) >= 11 is 8.31. The molecule has 0 bridgehead atoms. The topological polar surface area (TPSA) is 26.3 Å². The summed E-state index contributed by atoms with van der Waals surface area (Å²) in [5.74, 6) is 0.433. The van der Waals surface area contributed by atoms with Crippen LogP contribution in [0.5, 0.6) is 5.75 Å². The Bertz CT molecular complexity index is 638. The zero-order valence-electron chi connectivity index (χ0n) is 10.5. The van der Waals surface area contributed by atoms with Crippen molar-refractivity contribution in [1.82, 2.24) is 0 Å². The third-order valence-electron chi connectivity index (χ3n) is 2.78. The van der Waals surface area contributed by atoms with E-state index in [-0.39, 0.29) is 5.78 Å². The van der Waals surface area contributed by atoms with E-state index in [2.05, 4.69) is 22.6 Å². The lowest BCUT2D eigenvalue weighted by Gasteiger charge is -2.09. The second-order valence-electron chi connectivity index (χ2n) is 4.16. The first kappa shape index (κ1) is 14.3. The molecule has 0 saturated heterocycles. The van der Waals surface area contributed by atoms with E-state index in [1.807, 2.05) is 19.1 Å². The minimum atomic E-state index is -0.125. The summed E-state index contributed by atoms with van der Waals surface area (Å²) in [5.41, 5.74) is 2.05. The van der Waals surface area contributed by atoms with Gasteiger partial charge in [-0.3, -0.25) is 4.79 Å². The summed E-state index contributed by atoms with van der Waals surface area (Å²) < 4.78 is 6.22. The SMILES string of the molecule is COc1ccc(I)cc1C(=O)c1ccc(C)cc1Cl. The first-order valence-electron chi connectivity index (χ1n) is 5.67. The predicted octanol–water partition coefficient (Wildman–Crippen LogP) is 4.49. The summed E-state index contributed by atoms with van der Waals surface area (Å²) in [6.45, 7) is 1.94. The van der Waals surface area contributed by atoms with Gasteiger partial charge in [0.15, 0.2) is 5.78 Å². The predicted molar refractivity (Wildman–Crippen MR) is 85.3 cm³/mol. The van der Waals surface area contributed by atoms with Gasteiger partial charge in [0.2, 0.25) is 0 Å². The lowest BCUT2D eigenvalue weighted by molar-refractivity contribution is 0.103. The van der Waals surface area contributed by atoms with Crippen LogP contribution in [0, 0.1) is 10.5 Å². The molecule has 0 amide bonds. The standard InChI is InChI=1S/C15H12ClIO2/c1-9-3-5-11(13(16)7-9)15(18)12-8-10(17)4-6-14(12)19-2/h3-8H,1-2H3. The van der Waals surface area contributed by atoms with E-state index in [1.165, 1.54) is 0 Å². The molecule has 0 fully saturated rings. The largest absolute Gasteiger partial charge is 0.496 e. The van der Waals surface area contributed by atoms with E-state index in [9.17, 15) is 4.79 Å². The Morgan fingerprint density at radius 3 is 2.53 bits per heavy atom. The molecule has 0 radical (unpaired) electrons. The third-order valence-corrected chi connectivity index (χ3v) is 3.76. The number of methoxy groups -OCH3 is 1. The number of carbonyl (C=O) groups excluding carboxylic acids is 1. The van der Waals surface area contributed by atoms with Crippen molar-refractivity contribution < 1.29 is 9.53 Å². The molecule has 2 nitrogen and oxygen atoms in total. The van der Waals surface area contributed by atoms with E-state index < -0.39 is 0 Å². The maximum absolute atomic E-state index is 12.5. The molecule has 4 heteroatoms. The van der Waals surface area contributed by atoms with Gasteiger partial charge in [-0.05, 0) is 65.4 Å². The van der Waals surface area contributed by atoms with Crippen LogP contribution in [-0.4, -0.2) is 12.9 Å². The zero-order valence-corrected chi connectivity index (χ0v) is 13.4. The summed E-state index contributed by atoms with van der Waals surface area (Å²) in [4.78, 5) is 12.5. The Hall–Kier alpha value is -1.07. The number of aryl methyl sites for hydroxylation is 1. The van der Waals surface area contributed by atoms with Crippen molar-refractivity contribution in [3.8, 4) is 5.75 Å². The number of ketones is 1. The quantitative estimate of drug-likeness (QED) is 0.574. The monoisotopic (exact) mass is 386 g/mol. The molecular weight excluding hydrogens is 375 g/mol. The summed E-state index contributed by atoms with van der Waals surface area (Å²) in [6, 6.07) is 10.9. The van der Waals surface area contributed by atoms with Gasteiger partial charge in [-0.25, -0.2) is 0 Å². The molecule has 98 valence electrons. The lowest BCUT2D eigenvalue weighted by atomic mass is 10.0. The Kier molecular flexibility index (Phi) is 4.47. The van der Waals surface area contributed by atoms with Gasteiger partial charge in [0.25, 0.3) is 0 Å².